The number of aromatic carboxylic acids is 1. The van der Waals surface area contributed by atoms with Gasteiger partial charge in [0.1, 0.15) is 41.6 Å². The van der Waals surface area contributed by atoms with Crippen molar-refractivity contribution in [1.82, 2.24) is 15.0 Å². The van der Waals surface area contributed by atoms with E-state index in [0.29, 0.717) is 17.6 Å². The number of halogens is 3. The van der Waals surface area contributed by atoms with Crippen molar-refractivity contribution in [1.29, 1.82) is 0 Å². The summed E-state index contributed by atoms with van der Waals surface area (Å²) in [7, 11) is 0. The van der Waals surface area contributed by atoms with E-state index in [1.807, 2.05) is 0 Å². The SMILES string of the molecule is O=C(O)c1cc(F)c(COc2nc3nc(O[C@@H]4COC5C4OC[C@H]5O)[nH]c3cc2Cl)c(F)c1. The van der Waals surface area contributed by atoms with Crippen molar-refractivity contribution in [2.24, 2.45) is 0 Å². The lowest BCUT2D eigenvalue weighted by Crippen LogP contribution is -2.34. The van der Waals surface area contributed by atoms with Crippen LogP contribution in [-0.4, -0.2) is 68.8 Å². The number of nitrogens with zero attached hydrogens (tertiary/aromatic N) is 2. The Kier molecular flexibility index (Phi) is 5.52. The van der Waals surface area contributed by atoms with Gasteiger partial charge >= 0.3 is 5.97 Å². The minimum Gasteiger partial charge on any atom is -0.478 e. The van der Waals surface area contributed by atoms with Crippen molar-refractivity contribution in [2.45, 2.75) is 31.0 Å². The van der Waals surface area contributed by atoms with Crippen LogP contribution < -0.4 is 9.47 Å². The smallest absolute Gasteiger partial charge is 0.335 e. The molecule has 13 heteroatoms. The third kappa shape index (κ3) is 4.06. The summed E-state index contributed by atoms with van der Waals surface area (Å²) in [5, 5.41) is 18.8. The summed E-state index contributed by atoms with van der Waals surface area (Å²) in [6, 6.07) is 2.98. The highest BCUT2D eigenvalue weighted by molar-refractivity contribution is 6.32. The molecule has 2 aliphatic heterocycles. The van der Waals surface area contributed by atoms with Crippen molar-refractivity contribution in [3.8, 4) is 11.9 Å². The van der Waals surface area contributed by atoms with E-state index in [4.69, 9.17) is 35.7 Å². The molecular weight excluding hydrogens is 468 g/mol. The molecule has 3 aromatic rings. The average Bonchev–Trinajstić information content (AvgIpc) is 3.44. The number of imidazole rings is 1. The normalized spacial score (nSPS) is 24.2. The van der Waals surface area contributed by atoms with Gasteiger partial charge in [-0.2, -0.15) is 9.97 Å². The largest absolute Gasteiger partial charge is 0.478 e. The number of H-pyrrole nitrogens is 1. The highest BCUT2D eigenvalue weighted by atomic mass is 35.5. The molecule has 0 bridgehead atoms. The Morgan fingerprint density at radius 2 is 1.91 bits per heavy atom. The summed E-state index contributed by atoms with van der Waals surface area (Å²) in [6.45, 7) is -0.205. The summed E-state index contributed by atoms with van der Waals surface area (Å²) in [5.74, 6) is -3.73. The Morgan fingerprint density at radius 3 is 2.64 bits per heavy atom. The lowest BCUT2D eigenvalue weighted by Gasteiger charge is -2.15. The lowest BCUT2D eigenvalue weighted by atomic mass is 10.1. The first kappa shape index (κ1) is 21.8. The number of aromatic nitrogens is 3. The maximum absolute atomic E-state index is 14.1. The number of fused-ring (bicyclic) bond motifs is 2. The van der Waals surface area contributed by atoms with E-state index in [0.717, 1.165) is 0 Å². The Balaban J connectivity index is 1.32. The second-order valence-electron chi connectivity index (χ2n) is 7.52. The van der Waals surface area contributed by atoms with Gasteiger partial charge in [-0.15, -0.1) is 0 Å². The van der Waals surface area contributed by atoms with Crippen molar-refractivity contribution >= 4 is 28.7 Å². The molecule has 174 valence electrons. The van der Waals surface area contributed by atoms with Crippen molar-refractivity contribution in [2.75, 3.05) is 13.2 Å². The van der Waals surface area contributed by atoms with Crippen LogP contribution in [0.15, 0.2) is 18.2 Å². The monoisotopic (exact) mass is 483 g/mol. The van der Waals surface area contributed by atoms with Gasteiger partial charge in [-0.25, -0.2) is 13.6 Å². The second kappa shape index (κ2) is 8.37. The molecule has 2 unspecified atom stereocenters. The zero-order valence-corrected chi connectivity index (χ0v) is 17.4. The minimum atomic E-state index is -1.46. The lowest BCUT2D eigenvalue weighted by molar-refractivity contribution is 0.00706. The quantitative estimate of drug-likeness (QED) is 0.481. The van der Waals surface area contributed by atoms with Crippen LogP contribution in [-0.2, 0) is 16.1 Å². The van der Waals surface area contributed by atoms with E-state index >= 15 is 0 Å². The molecule has 2 saturated heterocycles. The summed E-state index contributed by atoms with van der Waals surface area (Å²) < 4.78 is 50.5. The summed E-state index contributed by atoms with van der Waals surface area (Å²) in [4.78, 5) is 22.2. The first-order valence-electron chi connectivity index (χ1n) is 9.78. The molecule has 0 amide bonds. The van der Waals surface area contributed by atoms with Gasteiger partial charge in [0, 0.05) is 0 Å². The summed E-state index contributed by atoms with van der Waals surface area (Å²) in [5.41, 5.74) is -0.395. The van der Waals surface area contributed by atoms with Crippen LogP contribution in [0.5, 0.6) is 11.9 Å². The van der Waals surface area contributed by atoms with Crippen LogP contribution in [0, 0.1) is 11.6 Å². The average molecular weight is 484 g/mol. The molecule has 3 N–H and O–H groups in total. The molecule has 2 aromatic heterocycles. The molecule has 0 aliphatic carbocycles. The van der Waals surface area contributed by atoms with Crippen LogP contribution >= 0.6 is 11.6 Å². The van der Waals surface area contributed by atoms with E-state index in [9.17, 15) is 18.7 Å². The number of hydrogen-bond donors (Lipinski definition) is 3. The molecule has 5 rings (SSSR count). The molecule has 33 heavy (non-hydrogen) atoms. The highest BCUT2D eigenvalue weighted by Gasteiger charge is 2.48. The third-order valence-corrected chi connectivity index (χ3v) is 5.63. The minimum absolute atomic E-state index is 0.0483. The van der Waals surface area contributed by atoms with Gasteiger partial charge in [-0.05, 0) is 18.2 Å². The van der Waals surface area contributed by atoms with Gasteiger partial charge < -0.3 is 34.1 Å². The van der Waals surface area contributed by atoms with E-state index in [2.05, 4.69) is 15.0 Å². The molecule has 4 atom stereocenters. The first-order chi connectivity index (χ1) is 15.8. The number of pyridine rings is 1. The number of carbonyl (C=O) groups is 1. The fourth-order valence-electron chi connectivity index (χ4n) is 3.73. The van der Waals surface area contributed by atoms with Crippen LogP contribution in [0.1, 0.15) is 15.9 Å². The fourth-order valence-corrected chi connectivity index (χ4v) is 3.94. The second-order valence-corrected chi connectivity index (χ2v) is 7.93. The number of aromatic amines is 1. The predicted molar refractivity (Wildman–Crippen MR) is 106 cm³/mol. The van der Waals surface area contributed by atoms with Gasteiger partial charge in [0.15, 0.2) is 11.8 Å². The van der Waals surface area contributed by atoms with Crippen LogP contribution in [0.3, 0.4) is 0 Å². The first-order valence-corrected chi connectivity index (χ1v) is 10.2. The third-order valence-electron chi connectivity index (χ3n) is 5.36. The topological polar surface area (TPSA) is 136 Å². The number of rotatable bonds is 6. The Bertz CT molecular complexity index is 1220. The van der Waals surface area contributed by atoms with Crippen molar-refractivity contribution in [3.05, 3.63) is 46.0 Å². The standard InChI is InChI=1S/C20H16ClF2N3O7/c21-9-3-12-17(26-20(24-12)33-14-6-31-15-13(27)5-30-16(14)15)25-18(9)32-4-8-10(22)1-7(19(28)29)2-11(8)23/h1-3,13-16,27H,4-6H2,(H,28,29)(H,24,25,26)/t13-,14-,15?,16?/m1/s1. The number of nitrogens with one attached hydrogen (secondary N) is 1. The molecule has 0 spiro atoms. The summed E-state index contributed by atoms with van der Waals surface area (Å²) in [6.07, 6.45) is -2.09. The number of aliphatic hydroxyl groups is 1. The van der Waals surface area contributed by atoms with Crippen molar-refractivity contribution < 1.29 is 42.7 Å². The molecule has 2 aliphatic rings. The number of aliphatic hydroxyl groups excluding tert-OH is 1. The zero-order chi connectivity index (χ0) is 23.3. The Hall–Kier alpha value is -3.06. The molecule has 2 fully saturated rings. The molecule has 10 nitrogen and oxygen atoms in total. The van der Waals surface area contributed by atoms with Crippen LogP contribution in [0.2, 0.25) is 5.02 Å². The van der Waals surface area contributed by atoms with Crippen LogP contribution in [0.4, 0.5) is 8.78 Å². The number of carboxylic acids is 1. The van der Waals surface area contributed by atoms with E-state index in [1.54, 1.807) is 0 Å². The fraction of sp³-hybridized carbons (Fsp3) is 0.350. The molecule has 0 radical (unpaired) electrons. The van der Waals surface area contributed by atoms with Gasteiger partial charge in [0.2, 0.25) is 5.88 Å². The molecule has 4 heterocycles. The number of benzene rings is 1. The number of ether oxygens (including phenoxy) is 4. The van der Waals surface area contributed by atoms with E-state index in [-0.39, 0.29) is 35.8 Å². The summed E-state index contributed by atoms with van der Waals surface area (Å²) >= 11 is 6.18. The maximum atomic E-state index is 14.1. The highest BCUT2D eigenvalue weighted by Crippen LogP contribution is 2.31. The van der Waals surface area contributed by atoms with Crippen molar-refractivity contribution in [3.63, 3.8) is 0 Å². The van der Waals surface area contributed by atoms with Gasteiger partial charge in [0.05, 0.1) is 29.9 Å². The zero-order valence-electron chi connectivity index (χ0n) is 16.6. The van der Waals surface area contributed by atoms with Gasteiger partial charge in [0.25, 0.3) is 6.01 Å². The van der Waals surface area contributed by atoms with E-state index in [1.165, 1.54) is 6.07 Å². The maximum Gasteiger partial charge on any atom is 0.335 e. The number of carboxylic acid groups (broad SMARTS) is 1. The van der Waals surface area contributed by atoms with E-state index < -0.39 is 59.8 Å². The number of hydrogen-bond acceptors (Lipinski definition) is 8. The molecule has 1 aromatic carbocycles. The molecular formula is C20H16ClF2N3O7. The van der Waals surface area contributed by atoms with Crippen LogP contribution in [0.25, 0.3) is 11.2 Å². The Labute approximate surface area is 189 Å². The Morgan fingerprint density at radius 1 is 1.18 bits per heavy atom. The van der Waals surface area contributed by atoms with Gasteiger partial charge in [-0.1, -0.05) is 11.6 Å². The molecule has 0 saturated carbocycles. The van der Waals surface area contributed by atoms with Gasteiger partial charge in [-0.3, -0.25) is 0 Å². The predicted octanol–water partition coefficient (Wildman–Crippen LogP) is 2.07.